The largest absolute Gasteiger partial charge is 0.352 e. The summed E-state index contributed by atoms with van der Waals surface area (Å²) in [6.45, 7) is 9.76. The fraction of sp³-hybridized carbons (Fsp3) is 0.929. The number of rotatable bonds is 6. The van der Waals surface area contributed by atoms with Crippen molar-refractivity contribution in [3.8, 4) is 0 Å². The first-order chi connectivity index (χ1) is 8.52. The van der Waals surface area contributed by atoms with Crippen LogP contribution < -0.4 is 11.1 Å². The van der Waals surface area contributed by atoms with E-state index in [0.29, 0.717) is 12.0 Å². The molecular formula is C14H29N3O. The van der Waals surface area contributed by atoms with Gasteiger partial charge in [0.25, 0.3) is 0 Å². The molecular weight excluding hydrogens is 226 g/mol. The summed E-state index contributed by atoms with van der Waals surface area (Å²) in [5.74, 6) is 0.495. The second-order valence-electron chi connectivity index (χ2n) is 5.86. The van der Waals surface area contributed by atoms with Crippen LogP contribution >= 0.6 is 0 Å². The Labute approximate surface area is 111 Å². The second kappa shape index (κ2) is 7.74. The van der Waals surface area contributed by atoms with Gasteiger partial charge in [-0.2, -0.15) is 0 Å². The zero-order chi connectivity index (χ0) is 13.5. The minimum absolute atomic E-state index is 0.0256. The Kier molecular flexibility index (Phi) is 6.65. The molecule has 1 aliphatic rings. The van der Waals surface area contributed by atoms with Crippen LogP contribution in [0.3, 0.4) is 0 Å². The fourth-order valence-corrected chi connectivity index (χ4v) is 2.54. The van der Waals surface area contributed by atoms with E-state index in [2.05, 4.69) is 31.0 Å². The van der Waals surface area contributed by atoms with Crippen LogP contribution in [0, 0.1) is 5.92 Å². The number of nitrogens with zero attached hydrogens (tertiary/aromatic N) is 1. The summed E-state index contributed by atoms with van der Waals surface area (Å²) in [4.78, 5) is 14.4. The Hall–Kier alpha value is -0.610. The lowest BCUT2D eigenvalue weighted by atomic mass is 10.0. The first-order valence-corrected chi connectivity index (χ1v) is 7.31. The highest BCUT2D eigenvalue weighted by Crippen LogP contribution is 2.11. The molecule has 0 aromatic rings. The Morgan fingerprint density at radius 1 is 1.39 bits per heavy atom. The van der Waals surface area contributed by atoms with Crippen LogP contribution in [0.15, 0.2) is 0 Å². The average Bonchev–Trinajstić information content (AvgIpc) is 2.31. The average molecular weight is 255 g/mol. The Balaban J connectivity index is 2.25. The van der Waals surface area contributed by atoms with Gasteiger partial charge in [0.15, 0.2) is 0 Å². The van der Waals surface area contributed by atoms with Crippen molar-refractivity contribution < 1.29 is 4.79 Å². The molecule has 1 rings (SSSR count). The molecule has 3 N–H and O–H groups in total. The predicted molar refractivity (Wildman–Crippen MR) is 75.3 cm³/mol. The van der Waals surface area contributed by atoms with E-state index in [-0.39, 0.29) is 11.9 Å². The van der Waals surface area contributed by atoms with Crippen molar-refractivity contribution in [3.05, 3.63) is 0 Å². The van der Waals surface area contributed by atoms with Crippen molar-refractivity contribution in [3.63, 3.8) is 0 Å². The molecule has 1 fully saturated rings. The molecule has 106 valence electrons. The molecule has 0 bridgehead atoms. The van der Waals surface area contributed by atoms with Crippen molar-refractivity contribution in [1.82, 2.24) is 10.2 Å². The molecule has 4 heteroatoms. The van der Waals surface area contributed by atoms with Crippen molar-refractivity contribution >= 4 is 5.91 Å². The molecule has 1 saturated heterocycles. The molecule has 18 heavy (non-hydrogen) atoms. The third-order valence-electron chi connectivity index (χ3n) is 3.54. The van der Waals surface area contributed by atoms with Gasteiger partial charge in [0, 0.05) is 19.1 Å². The summed E-state index contributed by atoms with van der Waals surface area (Å²) in [6, 6.07) is -0.0255. The third kappa shape index (κ3) is 5.36. The van der Waals surface area contributed by atoms with Crippen LogP contribution in [-0.2, 0) is 4.79 Å². The number of piperidine rings is 1. The Morgan fingerprint density at radius 3 is 2.50 bits per heavy atom. The second-order valence-corrected chi connectivity index (χ2v) is 5.86. The number of carbonyl (C=O) groups excluding carboxylic acids is 1. The Morgan fingerprint density at radius 2 is 2.00 bits per heavy atom. The minimum Gasteiger partial charge on any atom is -0.352 e. The van der Waals surface area contributed by atoms with Gasteiger partial charge in [-0.3, -0.25) is 4.79 Å². The number of amides is 1. The molecule has 1 unspecified atom stereocenters. The molecule has 0 radical (unpaired) electrons. The number of likely N-dealkylation sites (tertiary alicyclic amines) is 1. The van der Waals surface area contributed by atoms with Crippen LogP contribution in [0.25, 0.3) is 0 Å². The molecule has 0 aliphatic carbocycles. The minimum atomic E-state index is -0.348. The lowest BCUT2D eigenvalue weighted by Crippen LogP contribution is -2.50. The summed E-state index contributed by atoms with van der Waals surface area (Å²) >= 11 is 0. The van der Waals surface area contributed by atoms with E-state index >= 15 is 0 Å². The Bertz CT molecular complexity index is 247. The molecule has 0 saturated carbocycles. The highest BCUT2D eigenvalue weighted by molar-refractivity contribution is 5.81. The maximum Gasteiger partial charge on any atom is 0.237 e. The summed E-state index contributed by atoms with van der Waals surface area (Å²) in [6.07, 6.45) is 4.08. The van der Waals surface area contributed by atoms with Gasteiger partial charge < -0.3 is 16.0 Å². The van der Waals surface area contributed by atoms with Crippen LogP contribution in [0.4, 0.5) is 0 Å². The number of hydrogen-bond donors (Lipinski definition) is 2. The van der Waals surface area contributed by atoms with Crippen LogP contribution in [-0.4, -0.2) is 42.5 Å². The first kappa shape index (κ1) is 15.4. The monoisotopic (exact) mass is 255 g/mol. The van der Waals surface area contributed by atoms with Gasteiger partial charge in [-0.1, -0.05) is 20.8 Å². The van der Waals surface area contributed by atoms with Crippen molar-refractivity contribution in [2.75, 3.05) is 19.6 Å². The highest BCUT2D eigenvalue weighted by atomic mass is 16.2. The smallest absolute Gasteiger partial charge is 0.237 e. The number of nitrogens with two attached hydrogens (primary N) is 1. The van der Waals surface area contributed by atoms with E-state index in [1.54, 1.807) is 0 Å². The van der Waals surface area contributed by atoms with Crippen LogP contribution in [0.2, 0.25) is 0 Å². The summed E-state index contributed by atoms with van der Waals surface area (Å²) in [5, 5.41) is 3.10. The van der Waals surface area contributed by atoms with Gasteiger partial charge >= 0.3 is 0 Å². The maximum atomic E-state index is 11.9. The summed E-state index contributed by atoms with van der Waals surface area (Å²) in [7, 11) is 0. The lowest BCUT2D eigenvalue weighted by Gasteiger charge is -2.32. The molecule has 0 spiro atoms. The topological polar surface area (TPSA) is 58.4 Å². The van der Waals surface area contributed by atoms with E-state index in [1.165, 1.54) is 13.0 Å². The van der Waals surface area contributed by atoms with Crippen molar-refractivity contribution in [1.29, 1.82) is 0 Å². The molecule has 1 heterocycles. The maximum absolute atomic E-state index is 11.9. The fourth-order valence-electron chi connectivity index (χ4n) is 2.54. The quantitative estimate of drug-likeness (QED) is 0.753. The summed E-state index contributed by atoms with van der Waals surface area (Å²) < 4.78 is 0. The molecule has 1 atom stereocenters. The molecule has 4 nitrogen and oxygen atoms in total. The number of carbonyl (C=O) groups is 1. The third-order valence-corrected chi connectivity index (χ3v) is 3.54. The first-order valence-electron chi connectivity index (χ1n) is 7.31. The van der Waals surface area contributed by atoms with Crippen molar-refractivity contribution in [2.24, 2.45) is 11.7 Å². The van der Waals surface area contributed by atoms with E-state index in [0.717, 1.165) is 32.4 Å². The van der Waals surface area contributed by atoms with E-state index in [9.17, 15) is 4.79 Å². The highest BCUT2D eigenvalue weighted by Gasteiger charge is 2.22. The van der Waals surface area contributed by atoms with Crippen molar-refractivity contribution in [2.45, 2.75) is 58.5 Å². The molecule has 0 aromatic carbocycles. The molecule has 1 amide bonds. The van der Waals surface area contributed by atoms with Gasteiger partial charge in [-0.05, 0) is 38.1 Å². The van der Waals surface area contributed by atoms with Gasteiger partial charge in [0.05, 0.1) is 6.04 Å². The van der Waals surface area contributed by atoms with Gasteiger partial charge in [0.2, 0.25) is 5.91 Å². The van der Waals surface area contributed by atoms with E-state index < -0.39 is 0 Å². The van der Waals surface area contributed by atoms with E-state index in [1.807, 2.05) is 0 Å². The van der Waals surface area contributed by atoms with Gasteiger partial charge in [-0.25, -0.2) is 0 Å². The van der Waals surface area contributed by atoms with Gasteiger partial charge in [0.1, 0.15) is 0 Å². The van der Waals surface area contributed by atoms with E-state index in [4.69, 9.17) is 5.73 Å². The van der Waals surface area contributed by atoms with Crippen LogP contribution in [0.5, 0.6) is 0 Å². The molecule has 0 aromatic heterocycles. The molecule has 1 aliphatic heterocycles. The van der Waals surface area contributed by atoms with Crippen LogP contribution in [0.1, 0.15) is 46.5 Å². The standard InChI is InChI=1S/C14H29N3O/c1-4-7-17-8-5-12(6-9-17)16-14(18)13(15)10-11(2)3/h11-13H,4-10,15H2,1-3H3,(H,16,18). The zero-order valence-corrected chi connectivity index (χ0v) is 12.1. The zero-order valence-electron chi connectivity index (χ0n) is 12.1. The van der Waals surface area contributed by atoms with Gasteiger partial charge in [-0.15, -0.1) is 0 Å². The lowest BCUT2D eigenvalue weighted by molar-refractivity contribution is -0.123. The number of nitrogens with one attached hydrogen (secondary N) is 1. The SMILES string of the molecule is CCCN1CCC(NC(=O)C(N)CC(C)C)CC1. The number of hydrogen-bond acceptors (Lipinski definition) is 3. The predicted octanol–water partition coefficient (Wildman–Crippen LogP) is 1.35. The normalized spacial score (nSPS) is 20.1. The summed E-state index contributed by atoms with van der Waals surface area (Å²) in [5.41, 5.74) is 5.89.